The SMILES string of the molecule is OC1CN2CCN(C(c3ccccc3)c3ccc(Cl)cc3)CC2O1. The molecule has 0 aliphatic carbocycles. The molecule has 3 atom stereocenters. The Balaban J connectivity index is 1.64. The summed E-state index contributed by atoms with van der Waals surface area (Å²) in [7, 11) is 0. The van der Waals surface area contributed by atoms with E-state index in [-0.39, 0.29) is 12.3 Å². The Morgan fingerprint density at radius 1 is 0.958 bits per heavy atom. The molecule has 3 unspecified atom stereocenters. The predicted molar refractivity (Wildman–Crippen MR) is 93.8 cm³/mol. The van der Waals surface area contributed by atoms with E-state index in [1.165, 1.54) is 11.1 Å². The van der Waals surface area contributed by atoms with E-state index in [4.69, 9.17) is 16.3 Å². The molecule has 0 spiro atoms. The smallest absolute Gasteiger partial charge is 0.169 e. The maximum absolute atomic E-state index is 9.75. The van der Waals surface area contributed by atoms with Crippen LogP contribution in [0.25, 0.3) is 0 Å². The highest BCUT2D eigenvalue weighted by molar-refractivity contribution is 6.30. The van der Waals surface area contributed by atoms with Crippen LogP contribution in [0.3, 0.4) is 0 Å². The molecule has 2 aliphatic rings. The van der Waals surface area contributed by atoms with Gasteiger partial charge < -0.3 is 9.84 Å². The zero-order valence-electron chi connectivity index (χ0n) is 13.4. The summed E-state index contributed by atoms with van der Waals surface area (Å²) in [5.41, 5.74) is 2.48. The van der Waals surface area contributed by atoms with E-state index in [9.17, 15) is 5.11 Å². The molecule has 4 rings (SSSR count). The molecule has 0 radical (unpaired) electrons. The number of ether oxygens (including phenoxy) is 1. The van der Waals surface area contributed by atoms with Crippen molar-refractivity contribution in [2.75, 3.05) is 26.2 Å². The Bertz CT molecular complexity index is 680. The number of hydrogen-bond donors (Lipinski definition) is 1. The molecular formula is C19H21ClN2O2. The topological polar surface area (TPSA) is 35.9 Å². The average Bonchev–Trinajstić information content (AvgIpc) is 2.97. The van der Waals surface area contributed by atoms with E-state index >= 15 is 0 Å². The molecule has 0 amide bonds. The first-order valence-corrected chi connectivity index (χ1v) is 8.70. The third-order valence-electron chi connectivity index (χ3n) is 4.84. The van der Waals surface area contributed by atoms with Crippen LogP contribution in [0.1, 0.15) is 17.2 Å². The van der Waals surface area contributed by atoms with Crippen molar-refractivity contribution in [2.24, 2.45) is 0 Å². The van der Waals surface area contributed by atoms with Crippen molar-refractivity contribution in [1.29, 1.82) is 0 Å². The first kappa shape index (κ1) is 16.1. The molecule has 0 aromatic heterocycles. The molecule has 126 valence electrons. The summed E-state index contributed by atoms with van der Waals surface area (Å²) in [6.07, 6.45) is -0.701. The molecular weight excluding hydrogens is 324 g/mol. The van der Waals surface area contributed by atoms with Gasteiger partial charge in [0, 0.05) is 24.7 Å². The van der Waals surface area contributed by atoms with Crippen molar-refractivity contribution < 1.29 is 9.84 Å². The van der Waals surface area contributed by atoms with Crippen LogP contribution in [0.4, 0.5) is 0 Å². The molecule has 2 fully saturated rings. The van der Waals surface area contributed by atoms with Crippen LogP contribution in [0.15, 0.2) is 54.6 Å². The molecule has 0 saturated carbocycles. The van der Waals surface area contributed by atoms with Gasteiger partial charge in [0.1, 0.15) is 6.23 Å². The molecule has 24 heavy (non-hydrogen) atoms. The van der Waals surface area contributed by atoms with Crippen LogP contribution in [0.5, 0.6) is 0 Å². The van der Waals surface area contributed by atoms with Gasteiger partial charge in [-0.1, -0.05) is 54.1 Å². The minimum Gasteiger partial charge on any atom is -0.367 e. The van der Waals surface area contributed by atoms with Crippen LogP contribution in [-0.2, 0) is 4.74 Å². The molecule has 0 bridgehead atoms. The Kier molecular flexibility index (Phi) is 4.57. The Labute approximate surface area is 147 Å². The van der Waals surface area contributed by atoms with E-state index in [1.54, 1.807) is 0 Å². The Hall–Kier alpha value is -1.43. The highest BCUT2D eigenvalue weighted by Gasteiger charge is 2.38. The quantitative estimate of drug-likeness (QED) is 0.928. The summed E-state index contributed by atoms with van der Waals surface area (Å²) in [4.78, 5) is 4.64. The molecule has 2 aromatic rings. The normalized spacial score (nSPS) is 26.2. The second kappa shape index (κ2) is 6.82. The lowest BCUT2D eigenvalue weighted by Gasteiger charge is -2.40. The second-order valence-corrected chi connectivity index (χ2v) is 6.84. The lowest BCUT2D eigenvalue weighted by atomic mass is 9.96. The summed E-state index contributed by atoms with van der Waals surface area (Å²) in [6, 6.07) is 18.7. The van der Waals surface area contributed by atoms with Crippen molar-refractivity contribution in [3.63, 3.8) is 0 Å². The zero-order chi connectivity index (χ0) is 16.5. The van der Waals surface area contributed by atoms with E-state index in [0.29, 0.717) is 6.54 Å². The maximum atomic E-state index is 9.75. The molecule has 2 aromatic carbocycles. The Morgan fingerprint density at radius 2 is 1.67 bits per heavy atom. The number of rotatable bonds is 3. The third kappa shape index (κ3) is 3.21. The first-order valence-electron chi connectivity index (χ1n) is 8.33. The number of aliphatic hydroxyl groups excluding tert-OH is 1. The maximum Gasteiger partial charge on any atom is 0.169 e. The highest BCUT2D eigenvalue weighted by atomic mass is 35.5. The first-order chi connectivity index (χ1) is 11.7. The fraction of sp³-hybridized carbons (Fsp3) is 0.368. The van der Waals surface area contributed by atoms with Gasteiger partial charge in [-0.25, -0.2) is 0 Å². The van der Waals surface area contributed by atoms with E-state index in [0.717, 1.165) is 24.7 Å². The minimum absolute atomic E-state index is 0.0349. The number of aliphatic hydroxyl groups is 1. The predicted octanol–water partition coefficient (Wildman–Crippen LogP) is 2.72. The summed E-state index contributed by atoms with van der Waals surface area (Å²) in [5.74, 6) is 0. The van der Waals surface area contributed by atoms with Crippen LogP contribution in [-0.4, -0.2) is 53.6 Å². The number of fused-ring (bicyclic) bond motifs is 1. The lowest BCUT2D eigenvalue weighted by Crippen LogP contribution is -2.51. The van der Waals surface area contributed by atoms with Crippen LogP contribution in [0, 0.1) is 0 Å². The minimum atomic E-state index is -0.666. The van der Waals surface area contributed by atoms with Gasteiger partial charge in [-0.15, -0.1) is 0 Å². The van der Waals surface area contributed by atoms with Crippen LogP contribution < -0.4 is 0 Å². The van der Waals surface area contributed by atoms with Crippen LogP contribution >= 0.6 is 11.6 Å². The molecule has 1 N–H and O–H groups in total. The summed E-state index contributed by atoms with van der Waals surface area (Å²) < 4.78 is 5.66. The van der Waals surface area contributed by atoms with Crippen molar-refractivity contribution in [2.45, 2.75) is 18.6 Å². The van der Waals surface area contributed by atoms with Gasteiger partial charge >= 0.3 is 0 Å². The van der Waals surface area contributed by atoms with Gasteiger partial charge in [-0.05, 0) is 23.3 Å². The van der Waals surface area contributed by atoms with E-state index in [1.807, 2.05) is 18.2 Å². The number of nitrogens with zero attached hydrogens (tertiary/aromatic N) is 2. The Morgan fingerprint density at radius 3 is 2.42 bits per heavy atom. The molecule has 2 aliphatic heterocycles. The fourth-order valence-corrected chi connectivity index (χ4v) is 3.83. The van der Waals surface area contributed by atoms with Gasteiger partial charge in [-0.2, -0.15) is 0 Å². The molecule has 5 heteroatoms. The summed E-state index contributed by atoms with van der Waals surface area (Å²) >= 11 is 6.07. The van der Waals surface area contributed by atoms with Gasteiger partial charge in [0.15, 0.2) is 6.29 Å². The van der Waals surface area contributed by atoms with E-state index < -0.39 is 6.29 Å². The number of halogens is 1. The third-order valence-corrected chi connectivity index (χ3v) is 5.10. The van der Waals surface area contributed by atoms with Gasteiger partial charge in [0.25, 0.3) is 0 Å². The number of piperazine rings is 1. The molecule has 4 nitrogen and oxygen atoms in total. The largest absolute Gasteiger partial charge is 0.367 e. The fourth-order valence-electron chi connectivity index (χ4n) is 3.70. The summed E-state index contributed by atoms with van der Waals surface area (Å²) in [5, 5.41) is 10.5. The number of hydrogen-bond acceptors (Lipinski definition) is 4. The van der Waals surface area contributed by atoms with Gasteiger partial charge in [0.05, 0.1) is 12.6 Å². The lowest BCUT2D eigenvalue weighted by molar-refractivity contribution is -0.115. The van der Waals surface area contributed by atoms with Gasteiger partial charge in [0.2, 0.25) is 0 Å². The monoisotopic (exact) mass is 344 g/mol. The number of benzene rings is 2. The second-order valence-electron chi connectivity index (χ2n) is 6.40. The van der Waals surface area contributed by atoms with Crippen LogP contribution in [0.2, 0.25) is 5.02 Å². The average molecular weight is 345 g/mol. The van der Waals surface area contributed by atoms with Gasteiger partial charge in [-0.3, -0.25) is 9.80 Å². The van der Waals surface area contributed by atoms with Crippen molar-refractivity contribution in [3.8, 4) is 0 Å². The highest BCUT2D eigenvalue weighted by Crippen LogP contribution is 2.32. The van der Waals surface area contributed by atoms with Crippen molar-refractivity contribution in [3.05, 3.63) is 70.7 Å². The van der Waals surface area contributed by atoms with E-state index in [2.05, 4.69) is 46.2 Å². The molecule has 2 heterocycles. The summed E-state index contributed by atoms with van der Waals surface area (Å²) in [6.45, 7) is 3.22. The standard InChI is InChI=1S/C19H21ClN2O2/c20-16-8-6-15(7-9-16)19(14-4-2-1-3-5-14)22-11-10-21-13-18(23)24-17(21)12-22/h1-9,17-19,23H,10-13H2. The van der Waals surface area contributed by atoms with Crippen molar-refractivity contribution >= 4 is 11.6 Å². The zero-order valence-corrected chi connectivity index (χ0v) is 14.1. The van der Waals surface area contributed by atoms with Crippen molar-refractivity contribution in [1.82, 2.24) is 9.80 Å². The molecule has 2 saturated heterocycles.